The standard InChI is InChI=1S/C15H17NO4S/c1-16-13-4-2-11(8-10(13)3-5-14(16)17)15(18)12-6-7-21(19,20)9-12/h2,4,8,12H,3,5-7,9H2,1H3. The van der Waals surface area contributed by atoms with Gasteiger partial charge in [-0.15, -0.1) is 0 Å². The molecule has 5 nitrogen and oxygen atoms in total. The molecule has 1 saturated heterocycles. The smallest absolute Gasteiger partial charge is 0.227 e. The lowest BCUT2D eigenvalue weighted by Gasteiger charge is -2.26. The van der Waals surface area contributed by atoms with E-state index in [2.05, 4.69) is 0 Å². The number of ketones is 1. The van der Waals surface area contributed by atoms with Gasteiger partial charge in [-0.2, -0.15) is 0 Å². The summed E-state index contributed by atoms with van der Waals surface area (Å²) in [5, 5.41) is 0. The zero-order valence-electron chi connectivity index (χ0n) is 11.8. The Hall–Kier alpha value is -1.69. The molecule has 1 aromatic carbocycles. The van der Waals surface area contributed by atoms with E-state index in [0.29, 0.717) is 24.8 Å². The number of hydrogen-bond donors (Lipinski definition) is 0. The van der Waals surface area contributed by atoms with Crippen molar-refractivity contribution in [1.29, 1.82) is 0 Å². The Morgan fingerprint density at radius 3 is 2.71 bits per heavy atom. The summed E-state index contributed by atoms with van der Waals surface area (Å²) in [5.74, 6) is -0.384. The average Bonchev–Trinajstić information content (AvgIpc) is 2.82. The fourth-order valence-corrected chi connectivity index (χ4v) is 4.79. The summed E-state index contributed by atoms with van der Waals surface area (Å²) in [6.45, 7) is 0. The Morgan fingerprint density at radius 2 is 2.05 bits per heavy atom. The molecule has 0 saturated carbocycles. The SMILES string of the molecule is CN1C(=O)CCc2cc(C(=O)C3CCS(=O)(=O)C3)ccc21. The maximum atomic E-state index is 12.4. The summed E-state index contributed by atoms with van der Waals surface area (Å²) in [4.78, 5) is 25.7. The average molecular weight is 307 g/mol. The molecule has 0 aliphatic carbocycles. The number of nitrogens with zero attached hydrogens (tertiary/aromatic N) is 1. The summed E-state index contributed by atoms with van der Waals surface area (Å²) in [6, 6.07) is 5.29. The highest BCUT2D eigenvalue weighted by Gasteiger charge is 2.33. The van der Waals surface area contributed by atoms with Gasteiger partial charge in [0.05, 0.1) is 11.5 Å². The van der Waals surface area contributed by atoms with Gasteiger partial charge in [0.15, 0.2) is 15.6 Å². The van der Waals surface area contributed by atoms with Crippen LogP contribution in [0.15, 0.2) is 18.2 Å². The highest BCUT2D eigenvalue weighted by Crippen LogP contribution is 2.30. The third-order valence-electron chi connectivity index (χ3n) is 4.31. The molecular formula is C15H17NO4S. The number of Topliss-reactive ketones (excluding diaryl/α,β-unsaturated/α-hetero) is 1. The van der Waals surface area contributed by atoms with E-state index in [9.17, 15) is 18.0 Å². The lowest BCUT2D eigenvalue weighted by atomic mass is 9.93. The Labute approximate surface area is 123 Å². The predicted molar refractivity (Wildman–Crippen MR) is 79.3 cm³/mol. The minimum Gasteiger partial charge on any atom is -0.315 e. The molecule has 0 radical (unpaired) electrons. The van der Waals surface area contributed by atoms with Gasteiger partial charge >= 0.3 is 0 Å². The van der Waals surface area contributed by atoms with Crippen LogP contribution in [0, 0.1) is 5.92 Å². The number of sulfone groups is 1. The minimum atomic E-state index is -3.06. The lowest BCUT2D eigenvalue weighted by molar-refractivity contribution is -0.118. The van der Waals surface area contributed by atoms with Crippen molar-refractivity contribution in [1.82, 2.24) is 0 Å². The fraction of sp³-hybridized carbons (Fsp3) is 0.467. The molecule has 112 valence electrons. The third-order valence-corrected chi connectivity index (χ3v) is 6.08. The number of aryl methyl sites for hydroxylation is 1. The van der Waals surface area contributed by atoms with Crippen LogP contribution < -0.4 is 4.90 Å². The highest BCUT2D eigenvalue weighted by molar-refractivity contribution is 7.91. The van der Waals surface area contributed by atoms with Gasteiger partial charge in [-0.3, -0.25) is 9.59 Å². The molecule has 21 heavy (non-hydrogen) atoms. The van der Waals surface area contributed by atoms with E-state index in [-0.39, 0.29) is 23.2 Å². The van der Waals surface area contributed by atoms with Crippen LogP contribution in [0.3, 0.4) is 0 Å². The Kier molecular flexibility index (Phi) is 3.36. The van der Waals surface area contributed by atoms with Crippen LogP contribution in [-0.4, -0.2) is 38.7 Å². The molecule has 1 aromatic rings. The van der Waals surface area contributed by atoms with E-state index < -0.39 is 15.8 Å². The van der Waals surface area contributed by atoms with Gasteiger partial charge < -0.3 is 4.90 Å². The summed E-state index contributed by atoms with van der Waals surface area (Å²) >= 11 is 0. The molecule has 2 heterocycles. The van der Waals surface area contributed by atoms with Crippen LogP contribution in [0.25, 0.3) is 0 Å². The zero-order valence-corrected chi connectivity index (χ0v) is 12.6. The molecule has 1 amide bonds. The minimum absolute atomic E-state index is 0.0404. The van der Waals surface area contributed by atoms with Crippen molar-refractivity contribution in [2.45, 2.75) is 19.3 Å². The van der Waals surface area contributed by atoms with E-state index >= 15 is 0 Å². The highest BCUT2D eigenvalue weighted by atomic mass is 32.2. The maximum Gasteiger partial charge on any atom is 0.227 e. The molecule has 0 N–H and O–H groups in total. The molecule has 2 aliphatic rings. The van der Waals surface area contributed by atoms with Crippen LogP contribution in [0.5, 0.6) is 0 Å². The number of carbonyl (C=O) groups is 2. The zero-order chi connectivity index (χ0) is 15.2. The molecular weight excluding hydrogens is 290 g/mol. The number of hydrogen-bond acceptors (Lipinski definition) is 4. The van der Waals surface area contributed by atoms with Crippen molar-refractivity contribution in [2.75, 3.05) is 23.5 Å². The first-order valence-electron chi connectivity index (χ1n) is 7.01. The molecule has 6 heteroatoms. The summed E-state index contributed by atoms with van der Waals surface area (Å²) < 4.78 is 23.0. The number of rotatable bonds is 2. The molecule has 0 aromatic heterocycles. The third kappa shape index (κ3) is 2.60. The van der Waals surface area contributed by atoms with Gasteiger partial charge in [0.1, 0.15) is 0 Å². The summed E-state index contributed by atoms with van der Waals surface area (Å²) in [7, 11) is -1.33. The van der Waals surface area contributed by atoms with E-state index in [1.807, 2.05) is 6.07 Å². The fourth-order valence-electron chi connectivity index (χ4n) is 3.05. The van der Waals surface area contributed by atoms with Crippen LogP contribution in [0.2, 0.25) is 0 Å². The van der Waals surface area contributed by atoms with Gasteiger partial charge in [0.25, 0.3) is 0 Å². The molecule has 1 atom stereocenters. The monoisotopic (exact) mass is 307 g/mol. The Morgan fingerprint density at radius 1 is 1.29 bits per heavy atom. The Balaban J connectivity index is 1.88. The van der Waals surface area contributed by atoms with Gasteiger partial charge in [-0.1, -0.05) is 0 Å². The normalized spacial score (nSPS) is 24.0. The Bertz CT molecular complexity index is 723. The maximum absolute atomic E-state index is 12.4. The first kappa shape index (κ1) is 14.3. The largest absolute Gasteiger partial charge is 0.315 e. The van der Waals surface area contributed by atoms with Crippen molar-refractivity contribution in [3.05, 3.63) is 29.3 Å². The van der Waals surface area contributed by atoms with E-state index in [4.69, 9.17) is 0 Å². The lowest BCUT2D eigenvalue weighted by Crippen LogP contribution is -2.31. The second kappa shape index (κ2) is 4.94. The predicted octanol–water partition coefficient (Wildman–Crippen LogP) is 1.21. The topological polar surface area (TPSA) is 71.5 Å². The van der Waals surface area contributed by atoms with Crippen molar-refractivity contribution in [2.24, 2.45) is 5.92 Å². The molecule has 1 fully saturated rings. The molecule has 0 spiro atoms. The van der Waals surface area contributed by atoms with Crippen molar-refractivity contribution >= 4 is 27.2 Å². The molecule has 2 aliphatic heterocycles. The van der Waals surface area contributed by atoms with Crippen molar-refractivity contribution in [3.63, 3.8) is 0 Å². The second-order valence-corrected chi connectivity index (χ2v) is 7.99. The number of carbonyl (C=O) groups excluding carboxylic acids is 2. The van der Waals surface area contributed by atoms with Gasteiger partial charge in [-0.05, 0) is 36.6 Å². The van der Waals surface area contributed by atoms with Gasteiger partial charge in [0.2, 0.25) is 5.91 Å². The quantitative estimate of drug-likeness (QED) is 0.770. The van der Waals surface area contributed by atoms with Crippen molar-refractivity contribution < 1.29 is 18.0 Å². The van der Waals surface area contributed by atoms with Crippen LogP contribution in [-0.2, 0) is 21.1 Å². The van der Waals surface area contributed by atoms with E-state index in [1.165, 1.54) is 0 Å². The van der Waals surface area contributed by atoms with Gasteiger partial charge in [-0.25, -0.2) is 8.42 Å². The number of anilines is 1. The molecule has 0 bridgehead atoms. The second-order valence-electron chi connectivity index (χ2n) is 5.76. The molecule has 3 rings (SSSR count). The molecule has 1 unspecified atom stereocenters. The van der Waals surface area contributed by atoms with E-state index in [0.717, 1.165) is 11.3 Å². The number of amides is 1. The van der Waals surface area contributed by atoms with Crippen LogP contribution in [0.1, 0.15) is 28.8 Å². The van der Waals surface area contributed by atoms with Gasteiger partial charge in [0, 0.05) is 30.6 Å². The van der Waals surface area contributed by atoms with Crippen molar-refractivity contribution in [3.8, 4) is 0 Å². The number of benzene rings is 1. The van der Waals surface area contributed by atoms with E-state index in [1.54, 1.807) is 24.1 Å². The summed E-state index contributed by atoms with van der Waals surface area (Å²) in [6.07, 6.45) is 1.48. The van der Waals surface area contributed by atoms with Crippen LogP contribution in [0.4, 0.5) is 5.69 Å². The summed E-state index contributed by atoms with van der Waals surface area (Å²) in [5.41, 5.74) is 2.37. The van der Waals surface area contributed by atoms with Crippen LogP contribution >= 0.6 is 0 Å². The number of fused-ring (bicyclic) bond motifs is 1. The first-order chi connectivity index (χ1) is 9.87. The first-order valence-corrected chi connectivity index (χ1v) is 8.84.